The van der Waals surface area contributed by atoms with Crippen LogP contribution in [0.15, 0.2) is 47.8 Å². The SMILES string of the molecule is B/C(C)=C/CCC(C=C)OC1=CC=C(C[N+](=O)[O-])N(C)C1. The molecule has 0 aliphatic carbocycles. The normalized spacial score (nSPS) is 16.9. The van der Waals surface area contributed by atoms with Crippen LogP contribution in [0.3, 0.4) is 0 Å². The number of hydrogen-bond acceptors (Lipinski definition) is 4. The van der Waals surface area contributed by atoms with E-state index in [9.17, 15) is 10.1 Å². The molecule has 0 radical (unpaired) electrons. The second-order valence-corrected chi connectivity index (χ2v) is 5.39. The Morgan fingerprint density at radius 2 is 2.38 bits per heavy atom. The fourth-order valence-electron chi connectivity index (χ4n) is 2.04. The molecule has 5 nitrogen and oxygen atoms in total. The van der Waals surface area contributed by atoms with Gasteiger partial charge in [-0.25, -0.2) is 0 Å². The highest BCUT2D eigenvalue weighted by Crippen LogP contribution is 2.17. The van der Waals surface area contributed by atoms with Gasteiger partial charge in [0.05, 0.1) is 12.2 Å². The minimum Gasteiger partial charge on any atom is -0.489 e. The lowest BCUT2D eigenvalue weighted by Gasteiger charge is -2.27. The van der Waals surface area contributed by atoms with Crippen molar-refractivity contribution < 1.29 is 9.66 Å². The Morgan fingerprint density at radius 3 is 2.90 bits per heavy atom. The predicted octanol–water partition coefficient (Wildman–Crippen LogP) is 1.86. The largest absolute Gasteiger partial charge is 0.489 e. The van der Waals surface area contributed by atoms with Gasteiger partial charge in [-0.1, -0.05) is 25.7 Å². The third kappa shape index (κ3) is 6.34. The Morgan fingerprint density at radius 1 is 1.67 bits per heavy atom. The van der Waals surface area contributed by atoms with E-state index in [0.29, 0.717) is 12.2 Å². The molecule has 0 spiro atoms. The Labute approximate surface area is 127 Å². The average molecular weight is 290 g/mol. The van der Waals surface area contributed by atoms with Crippen molar-refractivity contribution in [2.45, 2.75) is 25.9 Å². The second kappa shape index (κ2) is 8.34. The first-order chi connectivity index (χ1) is 9.92. The fraction of sp³-hybridized carbons (Fsp3) is 0.467. The van der Waals surface area contributed by atoms with Crippen LogP contribution in [0.25, 0.3) is 0 Å². The van der Waals surface area contributed by atoms with Crippen molar-refractivity contribution in [1.29, 1.82) is 0 Å². The van der Waals surface area contributed by atoms with E-state index in [1.54, 1.807) is 12.2 Å². The van der Waals surface area contributed by atoms with Crippen molar-refractivity contribution in [2.24, 2.45) is 0 Å². The molecule has 1 aliphatic rings. The summed E-state index contributed by atoms with van der Waals surface area (Å²) in [6.07, 6.45) is 9.33. The molecule has 1 unspecified atom stereocenters. The number of nitrogens with zero attached hydrogens (tertiary/aromatic N) is 2. The zero-order chi connectivity index (χ0) is 15.8. The number of hydrogen-bond donors (Lipinski definition) is 0. The Bertz CT molecular complexity index is 479. The van der Waals surface area contributed by atoms with Crippen molar-refractivity contribution in [3.8, 4) is 0 Å². The molecule has 1 heterocycles. The molecule has 0 amide bonds. The van der Waals surface area contributed by atoms with Gasteiger partial charge in [-0.2, -0.15) is 0 Å². The Kier molecular flexibility index (Phi) is 6.78. The highest BCUT2D eigenvalue weighted by Gasteiger charge is 2.18. The van der Waals surface area contributed by atoms with Crippen LogP contribution in [0.1, 0.15) is 19.8 Å². The topological polar surface area (TPSA) is 55.6 Å². The summed E-state index contributed by atoms with van der Waals surface area (Å²) in [5, 5.41) is 10.6. The average Bonchev–Trinajstić information content (AvgIpc) is 2.40. The molecule has 0 aromatic rings. The van der Waals surface area contributed by atoms with Crippen LogP contribution in [0.5, 0.6) is 0 Å². The van der Waals surface area contributed by atoms with E-state index in [4.69, 9.17) is 4.74 Å². The van der Waals surface area contributed by atoms with Crippen LogP contribution in [0.2, 0.25) is 0 Å². The van der Waals surface area contributed by atoms with Gasteiger partial charge in [0.1, 0.15) is 19.7 Å². The highest BCUT2D eigenvalue weighted by molar-refractivity contribution is 6.21. The number of nitro groups is 1. The number of rotatable bonds is 8. The predicted molar refractivity (Wildman–Crippen MR) is 87.3 cm³/mol. The molecule has 114 valence electrons. The molecule has 0 N–H and O–H groups in total. The third-order valence-electron chi connectivity index (χ3n) is 3.21. The van der Waals surface area contributed by atoms with Crippen LogP contribution in [-0.2, 0) is 4.74 Å². The summed E-state index contributed by atoms with van der Waals surface area (Å²) in [5.41, 5.74) is 1.98. The molecule has 0 bridgehead atoms. The van der Waals surface area contributed by atoms with Gasteiger partial charge < -0.3 is 9.64 Å². The zero-order valence-electron chi connectivity index (χ0n) is 13.0. The molecule has 1 aliphatic heterocycles. The van der Waals surface area contributed by atoms with Crippen LogP contribution >= 0.6 is 0 Å². The molecule has 0 aromatic heterocycles. The Balaban J connectivity index is 2.59. The molecule has 0 saturated carbocycles. The van der Waals surface area contributed by atoms with Gasteiger partial charge in [-0.05, 0) is 25.0 Å². The molecule has 1 rings (SSSR count). The van der Waals surface area contributed by atoms with Crippen LogP contribution in [0, 0.1) is 10.1 Å². The lowest BCUT2D eigenvalue weighted by molar-refractivity contribution is -0.473. The highest BCUT2D eigenvalue weighted by atomic mass is 16.6. The number of ether oxygens (including phenoxy) is 1. The molecule has 0 fully saturated rings. The van der Waals surface area contributed by atoms with Gasteiger partial charge in [-0.3, -0.25) is 10.1 Å². The maximum Gasteiger partial charge on any atom is 0.243 e. The molecule has 21 heavy (non-hydrogen) atoms. The summed E-state index contributed by atoms with van der Waals surface area (Å²) < 4.78 is 5.90. The fourth-order valence-corrected chi connectivity index (χ4v) is 2.04. The minimum atomic E-state index is -0.325. The molecular formula is C15H23BN2O3. The third-order valence-corrected chi connectivity index (χ3v) is 3.21. The molecular weight excluding hydrogens is 267 g/mol. The molecule has 6 heteroatoms. The smallest absolute Gasteiger partial charge is 0.243 e. The first-order valence-electron chi connectivity index (χ1n) is 7.07. The van der Waals surface area contributed by atoms with Gasteiger partial charge in [0.15, 0.2) is 0 Å². The number of likely N-dealkylation sites (N-methyl/N-ethyl adjacent to an activating group) is 1. The standard InChI is InChI=1S/C15H23BN2O3/c1-4-14(7-5-6-12(2)16)21-15-9-8-13(10-18(19)20)17(3)11-15/h4,6,8-9,14H,1,5,7,10-11,16H2,2-3H3/b12-6+. The lowest BCUT2D eigenvalue weighted by atomic mass is 9.96. The van der Waals surface area contributed by atoms with Crippen molar-refractivity contribution in [3.05, 3.63) is 57.9 Å². The van der Waals surface area contributed by atoms with Gasteiger partial charge in [0.25, 0.3) is 0 Å². The summed E-state index contributed by atoms with van der Waals surface area (Å²) in [4.78, 5) is 12.1. The van der Waals surface area contributed by atoms with Crippen LogP contribution in [-0.4, -0.2) is 43.9 Å². The lowest BCUT2D eigenvalue weighted by Crippen LogP contribution is -2.29. The summed E-state index contributed by atoms with van der Waals surface area (Å²) >= 11 is 0. The Hall–Kier alpha value is -1.98. The van der Waals surface area contributed by atoms with Gasteiger partial charge >= 0.3 is 0 Å². The quantitative estimate of drug-likeness (QED) is 0.296. The van der Waals surface area contributed by atoms with E-state index in [1.807, 2.05) is 18.0 Å². The van der Waals surface area contributed by atoms with Gasteiger partial charge in [0.2, 0.25) is 6.54 Å². The van der Waals surface area contributed by atoms with Crippen LogP contribution in [0.4, 0.5) is 0 Å². The van der Waals surface area contributed by atoms with Gasteiger partial charge in [-0.15, -0.1) is 5.47 Å². The molecule has 0 aromatic carbocycles. The monoisotopic (exact) mass is 290 g/mol. The van der Waals surface area contributed by atoms with Crippen molar-refractivity contribution >= 4 is 7.85 Å². The molecule has 1 atom stereocenters. The van der Waals surface area contributed by atoms with Crippen molar-refractivity contribution in [3.63, 3.8) is 0 Å². The summed E-state index contributed by atoms with van der Waals surface area (Å²) in [6.45, 7) is 6.27. The van der Waals surface area contributed by atoms with E-state index < -0.39 is 0 Å². The number of allylic oxidation sites excluding steroid dienone is 4. The van der Waals surface area contributed by atoms with Crippen LogP contribution < -0.4 is 0 Å². The first kappa shape index (κ1) is 17.1. The minimum absolute atomic E-state index is 0.0364. The zero-order valence-corrected chi connectivity index (χ0v) is 13.0. The summed E-state index contributed by atoms with van der Waals surface area (Å²) in [7, 11) is 3.90. The van der Waals surface area contributed by atoms with Gasteiger partial charge in [0, 0.05) is 12.0 Å². The summed E-state index contributed by atoms with van der Waals surface area (Å²) in [6, 6.07) is 0. The second-order valence-electron chi connectivity index (χ2n) is 5.39. The maximum absolute atomic E-state index is 10.6. The summed E-state index contributed by atoms with van der Waals surface area (Å²) in [5.74, 6) is 0.812. The van der Waals surface area contributed by atoms with E-state index in [-0.39, 0.29) is 17.6 Å². The van der Waals surface area contributed by atoms with E-state index in [2.05, 4.69) is 27.4 Å². The van der Waals surface area contributed by atoms with E-state index in [1.165, 1.54) is 5.47 Å². The van der Waals surface area contributed by atoms with E-state index >= 15 is 0 Å². The van der Waals surface area contributed by atoms with E-state index in [0.717, 1.165) is 18.6 Å². The van der Waals surface area contributed by atoms with Crippen molar-refractivity contribution in [1.82, 2.24) is 4.90 Å². The maximum atomic E-state index is 10.6. The molecule has 0 saturated heterocycles. The van der Waals surface area contributed by atoms with Crippen molar-refractivity contribution in [2.75, 3.05) is 20.1 Å². The first-order valence-corrected chi connectivity index (χ1v) is 7.07.